The van der Waals surface area contributed by atoms with Gasteiger partial charge in [0.15, 0.2) is 0 Å². The lowest BCUT2D eigenvalue weighted by atomic mass is 10.2. The lowest BCUT2D eigenvalue weighted by molar-refractivity contribution is 1.11. The van der Waals surface area contributed by atoms with E-state index in [0.717, 1.165) is 23.7 Å². The van der Waals surface area contributed by atoms with Crippen LogP contribution in [0.25, 0.3) is 0 Å². The van der Waals surface area contributed by atoms with E-state index in [2.05, 4.69) is 27.8 Å². The Labute approximate surface area is 124 Å². The molecule has 2 N–H and O–H groups in total. The monoisotopic (exact) mass is 275 g/mol. The summed E-state index contributed by atoms with van der Waals surface area (Å²) in [5.41, 5.74) is 3.32. The fraction of sp³-hybridized carbons (Fsp3) is 0.0556. The van der Waals surface area contributed by atoms with Crippen LogP contribution in [-0.2, 0) is 6.54 Å². The number of nitrogens with zero attached hydrogens (tertiary/aromatic N) is 1. The molecule has 3 rings (SSSR count). The Kier molecular flexibility index (Phi) is 4.12. The number of para-hydroxylation sites is 1. The number of nitrogens with one attached hydrogen (secondary N) is 2. The van der Waals surface area contributed by atoms with Gasteiger partial charge >= 0.3 is 0 Å². The Morgan fingerprint density at radius 2 is 1.48 bits per heavy atom. The summed E-state index contributed by atoms with van der Waals surface area (Å²) >= 11 is 0. The number of aromatic nitrogens is 1. The van der Waals surface area contributed by atoms with Gasteiger partial charge in [-0.25, -0.2) is 4.98 Å². The Morgan fingerprint density at radius 1 is 0.762 bits per heavy atom. The Hall–Kier alpha value is -2.81. The van der Waals surface area contributed by atoms with Crippen molar-refractivity contribution in [2.75, 3.05) is 10.6 Å². The van der Waals surface area contributed by atoms with E-state index in [9.17, 15) is 0 Å². The van der Waals surface area contributed by atoms with E-state index in [-0.39, 0.29) is 0 Å². The molecule has 0 amide bonds. The van der Waals surface area contributed by atoms with Crippen LogP contribution >= 0.6 is 0 Å². The Bertz CT molecular complexity index is 681. The van der Waals surface area contributed by atoms with Crippen molar-refractivity contribution in [3.63, 3.8) is 0 Å². The zero-order valence-corrected chi connectivity index (χ0v) is 11.7. The number of pyridine rings is 1. The third-order valence-electron chi connectivity index (χ3n) is 3.14. The van der Waals surface area contributed by atoms with Gasteiger partial charge in [0, 0.05) is 30.2 Å². The van der Waals surface area contributed by atoms with E-state index in [4.69, 9.17) is 0 Å². The van der Waals surface area contributed by atoms with Crippen molar-refractivity contribution in [1.82, 2.24) is 4.98 Å². The van der Waals surface area contributed by atoms with Crippen LogP contribution in [0, 0.1) is 0 Å². The van der Waals surface area contributed by atoms with Crippen LogP contribution in [0.5, 0.6) is 0 Å². The Morgan fingerprint density at radius 3 is 2.24 bits per heavy atom. The van der Waals surface area contributed by atoms with Gasteiger partial charge < -0.3 is 10.6 Å². The van der Waals surface area contributed by atoms with Crippen molar-refractivity contribution in [3.8, 4) is 0 Å². The summed E-state index contributed by atoms with van der Waals surface area (Å²) in [5, 5.41) is 6.70. The van der Waals surface area contributed by atoms with Crippen molar-refractivity contribution in [3.05, 3.63) is 84.6 Å². The molecule has 0 atom stereocenters. The molecule has 0 spiro atoms. The second kappa shape index (κ2) is 6.57. The number of benzene rings is 2. The van der Waals surface area contributed by atoms with Gasteiger partial charge in [0.1, 0.15) is 5.82 Å². The van der Waals surface area contributed by atoms with Crippen LogP contribution in [0.1, 0.15) is 5.56 Å². The summed E-state index contributed by atoms with van der Waals surface area (Å²) in [6.07, 6.45) is 1.80. The third kappa shape index (κ3) is 3.83. The molecule has 2 aromatic carbocycles. The molecule has 0 aliphatic heterocycles. The minimum Gasteiger partial charge on any atom is -0.366 e. The molecule has 3 aromatic rings. The van der Waals surface area contributed by atoms with Crippen molar-refractivity contribution < 1.29 is 0 Å². The van der Waals surface area contributed by atoms with Gasteiger partial charge in [-0.15, -0.1) is 0 Å². The molecule has 3 nitrogen and oxygen atoms in total. The van der Waals surface area contributed by atoms with Gasteiger partial charge in [-0.05, 0) is 23.8 Å². The summed E-state index contributed by atoms with van der Waals surface area (Å²) in [4.78, 5) is 4.34. The normalized spacial score (nSPS) is 10.1. The molecular formula is C18H17N3. The van der Waals surface area contributed by atoms with Gasteiger partial charge in [-0.2, -0.15) is 0 Å². The molecular weight excluding hydrogens is 258 g/mol. The van der Waals surface area contributed by atoms with E-state index >= 15 is 0 Å². The summed E-state index contributed by atoms with van der Waals surface area (Å²) < 4.78 is 0. The maximum atomic E-state index is 4.34. The first-order valence-electron chi connectivity index (χ1n) is 6.96. The third-order valence-corrected chi connectivity index (χ3v) is 3.14. The van der Waals surface area contributed by atoms with Crippen LogP contribution in [0.3, 0.4) is 0 Å². The van der Waals surface area contributed by atoms with Gasteiger partial charge in [0.2, 0.25) is 0 Å². The number of hydrogen-bond donors (Lipinski definition) is 2. The molecule has 0 fully saturated rings. The zero-order valence-electron chi connectivity index (χ0n) is 11.7. The SMILES string of the molecule is c1ccc(CNc2cc(Nc3ccccc3)ccn2)cc1. The standard InChI is InChI=1S/C18H17N3/c1-3-7-15(8-4-1)14-20-18-13-17(11-12-19-18)21-16-9-5-2-6-10-16/h1-13H,14H2,(H2,19,20,21). The smallest absolute Gasteiger partial charge is 0.128 e. The summed E-state index contributed by atoms with van der Waals surface area (Å²) in [7, 11) is 0. The van der Waals surface area contributed by atoms with Gasteiger partial charge in [0.05, 0.1) is 0 Å². The molecule has 0 saturated heterocycles. The molecule has 0 unspecified atom stereocenters. The molecule has 1 heterocycles. The quantitative estimate of drug-likeness (QED) is 0.723. The summed E-state index contributed by atoms with van der Waals surface area (Å²) in [5.74, 6) is 0.861. The van der Waals surface area contributed by atoms with Crippen LogP contribution in [0.4, 0.5) is 17.2 Å². The summed E-state index contributed by atoms with van der Waals surface area (Å²) in [6.45, 7) is 0.766. The van der Waals surface area contributed by atoms with E-state index in [0.29, 0.717) is 0 Å². The summed E-state index contributed by atoms with van der Waals surface area (Å²) in [6, 6.07) is 24.4. The zero-order chi connectivity index (χ0) is 14.3. The van der Waals surface area contributed by atoms with Crippen molar-refractivity contribution in [2.45, 2.75) is 6.54 Å². The van der Waals surface area contributed by atoms with Crippen LogP contribution in [0.15, 0.2) is 79.0 Å². The molecule has 0 aliphatic carbocycles. The lowest BCUT2D eigenvalue weighted by Crippen LogP contribution is -2.01. The van der Waals surface area contributed by atoms with Crippen LogP contribution in [-0.4, -0.2) is 4.98 Å². The lowest BCUT2D eigenvalue weighted by Gasteiger charge is -2.09. The Balaban J connectivity index is 1.66. The maximum absolute atomic E-state index is 4.34. The number of rotatable bonds is 5. The predicted octanol–water partition coefficient (Wildman–Crippen LogP) is 4.44. The fourth-order valence-corrected chi connectivity index (χ4v) is 2.08. The molecule has 1 aromatic heterocycles. The van der Waals surface area contributed by atoms with E-state index in [1.54, 1.807) is 6.20 Å². The minimum atomic E-state index is 0.766. The van der Waals surface area contributed by atoms with Gasteiger partial charge in [-0.3, -0.25) is 0 Å². The second-order valence-electron chi connectivity index (χ2n) is 4.76. The highest BCUT2D eigenvalue weighted by Gasteiger charge is 1.98. The van der Waals surface area contributed by atoms with Crippen molar-refractivity contribution >= 4 is 17.2 Å². The first kappa shape index (κ1) is 13.2. The van der Waals surface area contributed by atoms with E-state index in [1.165, 1.54) is 5.56 Å². The highest BCUT2D eigenvalue weighted by Crippen LogP contribution is 2.18. The largest absolute Gasteiger partial charge is 0.366 e. The first-order valence-corrected chi connectivity index (χ1v) is 6.96. The average molecular weight is 275 g/mol. The molecule has 0 aliphatic rings. The molecule has 21 heavy (non-hydrogen) atoms. The molecule has 104 valence electrons. The first-order chi connectivity index (χ1) is 10.4. The second-order valence-corrected chi connectivity index (χ2v) is 4.76. The molecule has 0 radical (unpaired) electrons. The van der Waals surface area contributed by atoms with Crippen molar-refractivity contribution in [2.24, 2.45) is 0 Å². The predicted molar refractivity (Wildman–Crippen MR) is 87.7 cm³/mol. The van der Waals surface area contributed by atoms with Crippen molar-refractivity contribution in [1.29, 1.82) is 0 Å². The van der Waals surface area contributed by atoms with E-state index in [1.807, 2.05) is 60.7 Å². The van der Waals surface area contributed by atoms with E-state index < -0.39 is 0 Å². The maximum Gasteiger partial charge on any atom is 0.128 e. The molecule has 3 heteroatoms. The number of hydrogen-bond acceptors (Lipinski definition) is 3. The average Bonchev–Trinajstić information content (AvgIpc) is 2.55. The highest BCUT2D eigenvalue weighted by atomic mass is 15.0. The van der Waals surface area contributed by atoms with Gasteiger partial charge in [-0.1, -0.05) is 48.5 Å². The topological polar surface area (TPSA) is 37.0 Å². The van der Waals surface area contributed by atoms with Crippen LogP contribution < -0.4 is 10.6 Å². The highest BCUT2D eigenvalue weighted by molar-refractivity contribution is 5.62. The number of anilines is 3. The molecule has 0 bridgehead atoms. The fourth-order valence-electron chi connectivity index (χ4n) is 2.08. The van der Waals surface area contributed by atoms with Gasteiger partial charge in [0.25, 0.3) is 0 Å². The minimum absolute atomic E-state index is 0.766. The van der Waals surface area contributed by atoms with Crippen LogP contribution in [0.2, 0.25) is 0 Å². The molecule has 0 saturated carbocycles.